The lowest BCUT2D eigenvalue weighted by Crippen LogP contribution is -2.62. The van der Waals surface area contributed by atoms with Gasteiger partial charge < -0.3 is 10.2 Å². The highest BCUT2D eigenvalue weighted by Gasteiger charge is 2.42. The molecule has 1 N–H and O–H groups in total. The largest absolute Gasteiger partial charge is 0.347 e. The first-order valence-corrected chi connectivity index (χ1v) is 10.2. The van der Waals surface area contributed by atoms with Crippen LogP contribution in [0.4, 0.5) is 0 Å². The SMILES string of the molecule is C=CC(=O)NC1CN(S(=O)(=O)C2CCN(C(=O)c3ccccc3)CC2)C1. The molecule has 1 aromatic carbocycles. The molecule has 26 heavy (non-hydrogen) atoms. The number of carbonyl (C=O) groups excluding carboxylic acids is 2. The molecule has 0 spiro atoms. The topological polar surface area (TPSA) is 86.8 Å². The van der Waals surface area contributed by atoms with Gasteiger partial charge in [0.25, 0.3) is 5.91 Å². The van der Waals surface area contributed by atoms with Gasteiger partial charge in [-0.2, -0.15) is 4.31 Å². The number of nitrogens with one attached hydrogen (secondary N) is 1. The number of hydrogen-bond donors (Lipinski definition) is 1. The van der Waals surface area contributed by atoms with Gasteiger partial charge in [-0.25, -0.2) is 8.42 Å². The fourth-order valence-electron chi connectivity index (χ4n) is 3.33. The predicted octanol–water partition coefficient (Wildman–Crippen LogP) is 0.607. The summed E-state index contributed by atoms with van der Waals surface area (Å²) < 4.78 is 26.8. The number of nitrogens with zero attached hydrogens (tertiary/aromatic N) is 2. The fraction of sp³-hybridized carbons (Fsp3) is 0.444. The van der Waals surface area contributed by atoms with Gasteiger partial charge in [-0.1, -0.05) is 24.8 Å². The molecule has 8 heteroatoms. The Labute approximate surface area is 153 Å². The first-order chi connectivity index (χ1) is 12.4. The van der Waals surface area contributed by atoms with Crippen LogP contribution in [-0.4, -0.2) is 66.9 Å². The molecular weight excluding hydrogens is 354 g/mol. The maximum absolute atomic E-state index is 12.7. The molecule has 2 fully saturated rings. The average molecular weight is 377 g/mol. The van der Waals surface area contributed by atoms with Crippen LogP contribution in [-0.2, 0) is 14.8 Å². The van der Waals surface area contributed by atoms with E-state index in [0.717, 1.165) is 0 Å². The third-order valence-corrected chi connectivity index (χ3v) is 7.24. The average Bonchev–Trinajstić information content (AvgIpc) is 2.64. The number of likely N-dealkylation sites (tertiary alicyclic amines) is 1. The van der Waals surface area contributed by atoms with Crippen LogP contribution in [0.25, 0.3) is 0 Å². The molecule has 0 aromatic heterocycles. The van der Waals surface area contributed by atoms with Crippen LogP contribution in [0.15, 0.2) is 43.0 Å². The molecule has 0 saturated carbocycles. The summed E-state index contributed by atoms with van der Waals surface area (Å²) in [6.45, 7) is 4.84. The lowest BCUT2D eigenvalue weighted by atomic mass is 10.1. The number of amides is 2. The van der Waals surface area contributed by atoms with Gasteiger partial charge in [0.1, 0.15) is 0 Å². The van der Waals surface area contributed by atoms with E-state index in [4.69, 9.17) is 0 Å². The lowest BCUT2D eigenvalue weighted by Gasteiger charge is -2.41. The van der Waals surface area contributed by atoms with E-state index in [2.05, 4.69) is 11.9 Å². The van der Waals surface area contributed by atoms with Crippen LogP contribution in [0, 0.1) is 0 Å². The summed E-state index contributed by atoms with van der Waals surface area (Å²) in [5, 5.41) is 2.22. The molecule has 2 saturated heterocycles. The molecule has 3 rings (SSSR count). The van der Waals surface area contributed by atoms with E-state index in [0.29, 0.717) is 44.6 Å². The standard InChI is InChI=1S/C18H23N3O4S/c1-2-17(22)19-15-12-21(13-15)26(24,25)16-8-10-20(11-9-16)18(23)14-6-4-3-5-7-14/h2-7,15-16H,1,8-13H2,(H,19,22). The normalized spacial score (nSPS) is 19.6. The first-order valence-electron chi connectivity index (χ1n) is 8.68. The van der Waals surface area contributed by atoms with Crippen LogP contribution in [0.3, 0.4) is 0 Å². The number of rotatable bonds is 5. The lowest BCUT2D eigenvalue weighted by molar-refractivity contribution is -0.117. The molecular formula is C18H23N3O4S. The summed E-state index contributed by atoms with van der Waals surface area (Å²) in [4.78, 5) is 25.4. The van der Waals surface area contributed by atoms with Crippen LogP contribution < -0.4 is 5.32 Å². The van der Waals surface area contributed by atoms with Crippen LogP contribution in [0.1, 0.15) is 23.2 Å². The minimum Gasteiger partial charge on any atom is -0.347 e. The van der Waals surface area contributed by atoms with Crippen molar-refractivity contribution in [2.45, 2.75) is 24.1 Å². The predicted molar refractivity (Wildman–Crippen MR) is 98.0 cm³/mol. The van der Waals surface area contributed by atoms with Crippen molar-refractivity contribution in [3.8, 4) is 0 Å². The zero-order chi connectivity index (χ0) is 18.7. The van der Waals surface area contributed by atoms with Crippen molar-refractivity contribution >= 4 is 21.8 Å². The van der Waals surface area contributed by atoms with Crippen molar-refractivity contribution < 1.29 is 18.0 Å². The molecule has 0 bridgehead atoms. The second-order valence-electron chi connectivity index (χ2n) is 6.63. The maximum Gasteiger partial charge on any atom is 0.253 e. The Balaban J connectivity index is 1.52. The van der Waals surface area contributed by atoms with Crippen molar-refractivity contribution in [2.24, 2.45) is 0 Å². The Bertz CT molecular complexity index is 780. The molecule has 1 aromatic rings. The smallest absolute Gasteiger partial charge is 0.253 e. The minimum absolute atomic E-state index is 0.0578. The van der Waals surface area contributed by atoms with E-state index < -0.39 is 15.3 Å². The highest BCUT2D eigenvalue weighted by atomic mass is 32.2. The summed E-state index contributed by atoms with van der Waals surface area (Å²) in [5.41, 5.74) is 0.623. The summed E-state index contributed by atoms with van der Waals surface area (Å²) in [5.74, 6) is -0.350. The molecule has 140 valence electrons. The van der Waals surface area contributed by atoms with E-state index in [1.54, 1.807) is 17.0 Å². The zero-order valence-electron chi connectivity index (χ0n) is 14.5. The summed E-state index contributed by atoms with van der Waals surface area (Å²) in [7, 11) is -3.40. The van der Waals surface area contributed by atoms with Gasteiger partial charge in [0.15, 0.2) is 0 Å². The van der Waals surface area contributed by atoms with Crippen molar-refractivity contribution in [2.75, 3.05) is 26.2 Å². The summed E-state index contributed by atoms with van der Waals surface area (Å²) in [6, 6.07) is 8.86. The van der Waals surface area contributed by atoms with Gasteiger partial charge in [-0.05, 0) is 31.1 Å². The third kappa shape index (κ3) is 3.81. The van der Waals surface area contributed by atoms with E-state index in [9.17, 15) is 18.0 Å². The van der Waals surface area contributed by atoms with Crippen molar-refractivity contribution in [1.29, 1.82) is 0 Å². The molecule has 2 amide bonds. The molecule has 2 aliphatic rings. The zero-order valence-corrected chi connectivity index (χ0v) is 15.3. The van der Waals surface area contributed by atoms with Gasteiger partial charge >= 0.3 is 0 Å². The highest BCUT2D eigenvalue weighted by Crippen LogP contribution is 2.25. The van der Waals surface area contributed by atoms with E-state index in [1.807, 2.05) is 18.2 Å². The molecule has 2 heterocycles. The molecule has 0 unspecified atom stereocenters. The quantitative estimate of drug-likeness (QED) is 0.762. The maximum atomic E-state index is 12.7. The Kier molecular flexibility index (Phi) is 5.43. The second kappa shape index (κ2) is 7.59. The third-order valence-electron chi connectivity index (χ3n) is 4.91. The number of hydrogen-bond acceptors (Lipinski definition) is 4. The summed E-state index contributed by atoms with van der Waals surface area (Å²) >= 11 is 0. The van der Waals surface area contributed by atoms with Crippen LogP contribution in [0.5, 0.6) is 0 Å². The van der Waals surface area contributed by atoms with Crippen molar-refractivity contribution in [3.63, 3.8) is 0 Å². The van der Waals surface area contributed by atoms with Gasteiger partial charge in [-0.3, -0.25) is 9.59 Å². The molecule has 2 aliphatic heterocycles. The number of sulfonamides is 1. The van der Waals surface area contributed by atoms with Crippen LogP contribution in [0.2, 0.25) is 0 Å². The minimum atomic E-state index is -3.40. The monoisotopic (exact) mass is 377 g/mol. The number of piperidine rings is 1. The van der Waals surface area contributed by atoms with E-state index in [1.165, 1.54) is 10.4 Å². The Hall–Kier alpha value is -2.19. The molecule has 0 radical (unpaired) electrons. The molecule has 7 nitrogen and oxygen atoms in total. The van der Waals surface area contributed by atoms with Crippen molar-refractivity contribution in [1.82, 2.24) is 14.5 Å². The van der Waals surface area contributed by atoms with Gasteiger partial charge in [0.2, 0.25) is 15.9 Å². The molecule has 0 aliphatic carbocycles. The van der Waals surface area contributed by atoms with Crippen LogP contribution >= 0.6 is 0 Å². The molecule has 0 atom stereocenters. The van der Waals surface area contributed by atoms with Gasteiger partial charge in [0.05, 0.1) is 11.3 Å². The number of carbonyl (C=O) groups is 2. The Morgan fingerprint density at radius 1 is 1.12 bits per heavy atom. The van der Waals surface area contributed by atoms with E-state index in [-0.39, 0.29) is 17.9 Å². The Morgan fingerprint density at radius 2 is 1.73 bits per heavy atom. The fourth-order valence-corrected chi connectivity index (χ4v) is 5.33. The summed E-state index contributed by atoms with van der Waals surface area (Å²) in [6.07, 6.45) is 2.04. The van der Waals surface area contributed by atoms with E-state index >= 15 is 0 Å². The van der Waals surface area contributed by atoms with Gasteiger partial charge in [-0.15, -0.1) is 0 Å². The first kappa shape index (κ1) is 18.6. The Morgan fingerprint density at radius 3 is 2.31 bits per heavy atom. The van der Waals surface area contributed by atoms with Crippen molar-refractivity contribution in [3.05, 3.63) is 48.6 Å². The second-order valence-corrected chi connectivity index (χ2v) is 8.84. The highest BCUT2D eigenvalue weighted by molar-refractivity contribution is 7.89. The van der Waals surface area contributed by atoms with Gasteiger partial charge in [0, 0.05) is 31.7 Å². The number of benzene rings is 1.